The fourth-order valence-electron chi connectivity index (χ4n) is 1.87. The van der Waals surface area contributed by atoms with Crippen LogP contribution in [0.4, 0.5) is 5.00 Å². The van der Waals surface area contributed by atoms with Crippen LogP contribution in [0.3, 0.4) is 0 Å². The highest BCUT2D eigenvalue weighted by Crippen LogP contribution is 2.25. The number of nitriles is 1. The van der Waals surface area contributed by atoms with Gasteiger partial charge in [0, 0.05) is 5.56 Å². The molecule has 24 heavy (non-hydrogen) atoms. The van der Waals surface area contributed by atoms with E-state index in [-0.39, 0.29) is 11.7 Å². The Morgan fingerprint density at radius 2 is 2.12 bits per heavy atom. The Hall–Kier alpha value is -2.63. The Balaban J connectivity index is 1.58. The van der Waals surface area contributed by atoms with Crippen molar-refractivity contribution in [3.63, 3.8) is 0 Å². The van der Waals surface area contributed by atoms with Gasteiger partial charge in [-0.05, 0) is 30.5 Å². The summed E-state index contributed by atoms with van der Waals surface area (Å²) in [5.74, 6) is 0.315. The molecule has 2 aromatic heterocycles. The molecule has 8 heteroatoms. The third-order valence-corrected chi connectivity index (χ3v) is 4.72. The standard InChI is InChI=1S/C16H12N4O2S2/c1-10-2-4-11(5-3-10)14-19-20-16(22-14)24-9-13(21)18-15-12(8-17)6-7-23-15/h2-7H,9H2,1H3,(H,18,21). The maximum absolute atomic E-state index is 11.9. The molecule has 3 aromatic rings. The van der Waals surface area contributed by atoms with Crippen molar-refractivity contribution >= 4 is 34.0 Å². The number of thioether (sulfide) groups is 1. The smallest absolute Gasteiger partial charge is 0.277 e. The molecule has 0 fully saturated rings. The van der Waals surface area contributed by atoms with Crippen LogP contribution in [0.25, 0.3) is 11.5 Å². The van der Waals surface area contributed by atoms with Crippen molar-refractivity contribution in [1.29, 1.82) is 5.26 Å². The van der Waals surface area contributed by atoms with E-state index < -0.39 is 0 Å². The molecule has 0 unspecified atom stereocenters. The van der Waals surface area contributed by atoms with Crippen LogP contribution in [0, 0.1) is 18.3 Å². The molecular formula is C16H12N4O2S2. The second kappa shape index (κ2) is 7.29. The number of carbonyl (C=O) groups is 1. The van der Waals surface area contributed by atoms with Crippen LogP contribution in [0.15, 0.2) is 45.4 Å². The maximum atomic E-state index is 11.9. The van der Waals surface area contributed by atoms with Gasteiger partial charge >= 0.3 is 0 Å². The Labute approximate surface area is 146 Å². The zero-order valence-electron chi connectivity index (χ0n) is 12.6. The minimum absolute atomic E-state index is 0.123. The third kappa shape index (κ3) is 3.82. The molecule has 0 saturated carbocycles. The first-order chi connectivity index (χ1) is 11.7. The van der Waals surface area contributed by atoms with Gasteiger partial charge in [-0.25, -0.2) is 0 Å². The van der Waals surface area contributed by atoms with Gasteiger partial charge in [-0.3, -0.25) is 4.79 Å². The van der Waals surface area contributed by atoms with Crippen LogP contribution in [0.2, 0.25) is 0 Å². The van der Waals surface area contributed by atoms with Gasteiger partial charge in [0.25, 0.3) is 5.22 Å². The van der Waals surface area contributed by atoms with E-state index in [9.17, 15) is 4.79 Å². The quantitative estimate of drug-likeness (QED) is 0.701. The molecule has 3 rings (SSSR count). The van der Waals surface area contributed by atoms with Crippen LogP contribution >= 0.6 is 23.1 Å². The van der Waals surface area contributed by atoms with Crippen molar-refractivity contribution in [3.8, 4) is 17.5 Å². The molecule has 0 aliphatic rings. The van der Waals surface area contributed by atoms with E-state index in [0.717, 1.165) is 22.9 Å². The van der Waals surface area contributed by atoms with Gasteiger partial charge in [0.2, 0.25) is 11.8 Å². The molecule has 0 radical (unpaired) electrons. The molecule has 0 aliphatic carbocycles. The van der Waals surface area contributed by atoms with Crippen LogP contribution < -0.4 is 5.32 Å². The molecule has 2 heterocycles. The van der Waals surface area contributed by atoms with E-state index in [4.69, 9.17) is 9.68 Å². The molecule has 0 atom stereocenters. The lowest BCUT2D eigenvalue weighted by molar-refractivity contribution is -0.113. The van der Waals surface area contributed by atoms with E-state index in [2.05, 4.69) is 15.5 Å². The predicted molar refractivity (Wildman–Crippen MR) is 92.9 cm³/mol. The average molecular weight is 356 g/mol. The van der Waals surface area contributed by atoms with Crippen molar-refractivity contribution in [2.45, 2.75) is 12.1 Å². The first kappa shape index (κ1) is 16.2. The minimum atomic E-state index is -0.228. The number of amides is 1. The van der Waals surface area contributed by atoms with Crippen LogP contribution in [0.1, 0.15) is 11.1 Å². The molecule has 0 saturated heterocycles. The van der Waals surface area contributed by atoms with Crippen LogP contribution in [-0.2, 0) is 4.79 Å². The number of nitrogens with zero attached hydrogens (tertiary/aromatic N) is 3. The van der Waals surface area contributed by atoms with Gasteiger partial charge in [0.15, 0.2) is 0 Å². The van der Waals surface area contributed by atoms with Gasteiger partial charge in [-0.15, -0.1) is 21.5 Å². The van der Waals surface area contributed by atoms with E-state index in [1.165, 1.54) is 11.3 Å². The molecule has 0 spiro atoms. The molecule has 1 aromatic carbocycles. The van der Waals surface area contributed by atoms with Gasteiger partial charge in [0.1, 0.15) is 11.1 Å². The second-order valence-corrected chi connectivity index (χ2v) is 6.69. The summed E-state index contributed by atoms with van der Waals surface area (Å²) >= 11 is 2.46. The lowest BCUT2D eigenvalue weighted by Crippen LogP contribution is -2.13. The number of nitrogens with one attached hydrogen (secondary N) is 1. The van der Waals surface area contributed by atoms with Crippen molar-refractivity contribution < 1.29 is 9.21 Å². The number of hydrogen-bond acceptors (Lipinski definition) is 7. The summed E-state index contributed by atoms with van der Waals surface area (Å²) in [7, 11) is 0. The maximum Gasteiger partial charge on any atom is 0.277 e. The van der Waals surface area contributed by atoms with Crippen LogP contribution in [0.5, 0.6) is 0 Å². The average Bonchev–Trinajstić information content (AvgIpc) is 3.22. The number of carbonyl (C=O) groups excluding carboxylic acids is 1. The van der Waals surface area contributed by atoms with Gasteiger partial charge in [-0.1, -0.05) is 29.5 Å². The van der Waals surface area contributed by atoms with Crippen LogP contribution in [-0.4, -0.2) is 21.9 Å². The number of aryl methyl sites for hydroxylation is 1. The van der Waals surface area contributed by atoms with E-state index in [0.29, 0.717) is 21.7 Å². The highest BCUT2D eigenvalue weighted by molar-refractivity contribution is 7.99. The Bertz CT molecular complexity index is 893. The topological polar surface area (TPSA) is 91.8 Å². The first-order valence-corrected chi connectivity index (χ1v) is 8.83. The number of hydrogen-bond donors (Lipinski definition) is 1. The van der Waals surface area contributed by atoms with Crippen molar-refractivity contribution in [3.05, 3.63) is 46.8 Å². The highest BCUT2D eigenvalue weighted by atomic mass is 32.2. The number of anilines is 1. The summed E-state index contributed by atoms with van der Waals surface area (Å²) in [4.78, 5) is 11.9. The third-order valence-electron chi connectivity index (χ3n) is 3.07. The zero-order chi connectivity index (χ0) is 16.9. The number of benzene rings is 1. The largest absolute Gasteiger partial charge is 0.411 e. The van der Waals surface area contributed by atoms with Crippen molar-refractivity contribution in [2.24, 2.45) is 0 Å². The normalized spacial score (nSPS) is 10.3. The van der Waals surface area contributed by atoms with E-state index >= 15 is 0 Å². The van der Waals surface area contributed by atoms with E-state index in [1.54, 1.807) is 11.4 Å². The molecule has 120 valence electrons. The summed E-state index contributed by atoms with van der Waals surface area (Å²) in [6.07, 6.45) is 0. The Kier molecular flexibility index (Phi) is 4.93. The first-order valence-electron chi connectivity index (χ1n) is 6.96. The van der Waals surface area contributed by atoms with Gasteiger partial charge < -0.3 is 9.73 Å². The number of rotatable bonds is 5. The SMILES string of the molecule is Cc1ccc(-c2nnc(SCC(=O)Nc3sccc3C#N)o2)cc1. The highest BCUT2D eigenvalue weighted by Gasteiger charge is 2.13. The molecule has 0 aliphatic heterocycles. The molecule has 6 nitrogen and oxygen atoms in total. The van der Waals surface area contributed by atoms with E-state index in [1.807, 2.05) is 37.3 Å². The predicted octanol–water partition coefficient (Wildman–Crippen LogP) is 3.71. The fraction of sp³-hybridized carbons (Fsp3) is 0.125. The fourth-order valence-corrected chi connectivity index (χ4v) is 3.18. The summed E-state index contributed by atoms with van der Waals surface area (Å²) in [6, 6.07) is 11.4. The molecule has 0 bridgehead atoms. The molecular weight excluding hydrogens is 344 g/mol. The van der Waals surface area contributed by atoms with Gasteiger partial charge in [-0.2, -0.15) is 5.26 Å². The summed E-state index contributed by atoms with van der Waals surface area (Å²) in [6.45, 7) is 2.00. The minimum Gasteiger partial charge on any atom is -0.411 e. The summed E-state index contributed by atoms with van der Waals surface area (Å²) in [5.41, 5.74) is 2.44. The summed E-state index contributed by atoms with van der Waals surface area (Å²) in [5, 5.41) is 22.2. The summed E-state index contributed by atoms with van der Waals surface area (Å²) < 4.78 is 5.55. The lowest BCUT2D eigenvalue weighted by atomic mass is 10.1. The van der Waals surface area contributed by atoms with Crippen molar-refractivity contribution in [1.82, 2.24) is 10.2 Å². The number of aromatic nitrogens is 2. The monoisotopic (exact) mass is 356 g/mol. The van der Waals surface area contributed by atoms with Crippen molar-refractivity contribution in [2.75, 3.05) is 11.1 Å². The Morgan fingerprint density at radius 1 is 1.33 bits per heavy atom. The Morgan fingerprint density at radius 3 is 2.88 bits per heavy atom. The lowest BCUT2D eigenvalue weighted by Gasteiger charge is -2.01. The second-order valence-electron chi connectivity index (χ2n) is 4.85. The van der Waals surface area contributed by atoms with Gasteiger partial charge in [0.05, 0.1) is 11.3 Å². The zero-order valence-corrected chi connectivity index (χ0v) is 14.3. The molecule has 1 N–H and O–H groups in total. The molecule has 1 amide bonds. The number of thiophene rings is 1.